The topological polar surface area (TPSA) is 46.1 Å². The van der Waals surface area contributed by atoms with E-state index in [2.05, 4.69) is 55.2 Å². The minimum Gasteiger partial charge on any atom is -0.283 e. The number of amides is 1. The van der Waals surface area contributed by atoms with Gasteiger partial charge >= 0.3 is 0 Å². The van der Waals surface area contributed by atoms with Crippen LogP contribution in [0.5, 0.6) is 0 Å². The molecule has 0 radical (unpaired) electrons. The van der Waals surface area contributed by atoms with E-state index in [4.69, 9.17) is 4.98 Å². The summed E-state index contributed by atoms with van der Waals surface area (Å²) in [4.78, 5) is 24.8. The van der Waals surface area contributed by atoms with Crippen LogP contribution in [0.1, 0.15) is 37.3 Å². The number of anilines is 1. The normalized spacial score (nSPS) is 12.3. The lowest BCUT2D eigenvalue weighted by atomic mass is 9.99. The Morgan fingerprint density at radius 1 is 0.941 bits per heavy atom. The molecule has 4 nitrogen and oxygen atoms in total. The molecule has 5 rings (SSSR count). The summed E-state index contributed by atoms with van der Waals surface area (Å²) in [5.74, 6) is 0.859. The minimum atomic E-state index is 0.0364. The van der Waals surface area contributed by atoms with Crippen LogP contribution in [-0.4, -0.2) is 21.6 Å². The Morgan fingerprint density at radius 3 is 2.50 bits per heavy atom. The fraction of sp³-hybridized carbons (Fsp3) is 0.222. The molecule has 172 valence electrons. The third-order valence-corrected chi connectivity index (χ3v) is 9.10. The van der Waals surface area contributed by atoms with Gasteiger partial charge in [0.1, 0.15) is 0 Å². The Labute approximate surface area is 211 Å². The lowest BCUT2D eigenvalue weighted by Crippen LogP contribution is -2.31. The summed E-state index contributed by atoms with van der Waals surface area (Å²) in [7, 11) is 0. The molecule has 7 heteroatoms. The van der Waals surface area contributed by atoms with E-state index in [-0.39, 0.29) is 5.91 Å². The van der Waals surface area contributed by atoms with Crippen molar-refractivity contribution in [3.8, 4) is 0 Å². The van der Waals surface area contributed by atoms with Gasteiger partial charge in [-0.05, 0) is 47.7 Å². The maximum Gasteiger partial charge on any atom is 0.239 e. The number of rotatable bonds is 8. The Morgan fingerprint density at radius 2 is 1.71 bits per heavy atom. The number of carbonyl (C=O) groups is 1. The van der Waals surface area contributed by atoms with Crippen molar-refractivity contribution in [3.63, 3.8) is 0 Å². The maximum absolute atomic E-state index is 13.5. The third-order valence-electron chi connectivity index (χ3n) is 5.89. The van der Waals surface area contributed by atoms with Crippen LogP contribution < -0.4 is 4.90 Å². The van der Waals surface area contributed by atoms with Gasteiger partial charge in [0, 0.05) is 0 Å². The largest absolute Gasteiger partial charge is 0.283 e. The quantitative estimate of drug-likeness (QED) is 0.203. The van der Waals surface area contributed by atoms with E-state index in [1.165, 1.54) is 17.3 Å². The lowest BCUT2D eigenvalue weighted by Gasteiger charge is -2.19. The first kappa shape index (κ1) is 23.0. The van der Waals surface area contributed by atoms with Crippen molar-refractivity contribution in [2.75, 3.05) is 10.7 Å². The molecule has 0 fully saturated rings. The van der Waals surface area contributed by atoms with Crippen molar-refractivity contribution >= 4 is 65.9 Å². The predicted molar refractivity (Wildman–Crippen MR) is 146 cm³/mol. The van der Waals surface area contributed by atoms with Crippen LogP contribution in [0.3, 0.4) is 0 Å². The molecule has 0 spiro atoms. The maximum atomic E-state index is 13.5. The fourth-order valence-electron chi connectivity index (χ4n) is 3.73. The Hall–Kier alpha value is -2.74. The summed E-state index contributed by atoms with van der Waals surface area (Å²) < 4.78 is 3.18. The van der Waals surface area contributed by atoms with Crippen LogP contribution in [0.4, 0.5) is 5.13 Å². The Kier molecular flexibility index (Phi) is 6.94. The van der Waals surface area contributed by atoms with Gasteiger partial charge in [0.2, 0.25) is 5.91 Å². The number of para-hydroxylation sites is 1. The highest BCUT2D eigenvalue weighted by Crippen LogP contribution is 2.34. The summed E-state index contributed by atoms with van der Waals surface area (Å²) in [5.41, 5.74) is 4.32. The van der Waals surface area contributed by atoms with Crippen molar-refractivity contribution in [1.82, 2.24) is 9.97 Å². The average molecular weight is 504 g/mol. The average Bonchev–Trinajstić information content (AvgIpc) is 3.49. The Balaban J connectivity index is 1.41. The van der Waals surface area contributed by atoms with Crippen LogP contribution in [0.25, 0.3) is 20.4 Å². The van der Waals surface area contributed by atoms with Crippen LogP contribution in [0, 0.1) is 0 Å². The monoisotopic (exact) mass is 503 g/mol. The van der Waals surface area contributed by atoms with Crippen molar-refractivity contribution < 1.29 is 4.79 Å². The van der Waals surface area contributed by atoms with Gasteiger partial charge in [-0.3, -0.25) is 9.69 Å². The van der Waals surface area contributed by atoms with E-state index in [0.29, 0.717) is 18.2 Å². The van der Waals surface area contributed by atoms with E-state index in [0.717, 1.165) is 41.9 Å². The number of fused-ring (bicyclic) bond motifs is 2. The summed E-state index contributed by atoms with van der Waals surface area (Å²) in [6.07, 6.45) is 1.10. The van der Waals surface area contributed by atoms with Crippen LogP contribution >= 0.6 is 34.4 Å². The minimum absolute atomic E-state index is 0.0364. The summed E-state index contributed by atoms with van der Waals surface area (Å²) in [6.45, 7) is 4.95. The molecule has 34 heavy (non-hydrogen) atoms. The first-order chi connectivity index (χ1) is 16.6. The molecule has 0 saturated carbocycles. The van der Waals surface area contributed by atoms with E-state index < -0.39 is 0 Å². The van der Waals surface area contributed by atoms with Crippen molar-refractivity contribution in [2.45, 2.75) is 37.1 Å². The lowest BCUT2D eigenvalue weighted by molar-refractivity contribution is -0.116. The van der Waals surface area contributed by atoms with Gasteiger partial charge in [-0.15, -0.1) is 11.3 Å². The van der Waals surface area contributed by atoms with Crippen LogP contribution in [-0.2, 0) is 11.3 Å². The zero-order chi connectivity index (χ0) is 23.5. The molecule has 0 bridgehead atoms. The second kappa shape index (κ2) is 10.3. The molecule has 1 amide bonds. The summed E-state index contributed by atoms with van der Waals surface area (Å²) in [5, 5.41) is 0.745. The molecule has 2 heterocycles. The standard InChI is InChI=1S/C27H25N3OS3/c1-3-18(2)20-13-14-22-24(15-20)33-26(28-22)30(16-19-9-5-4-6-10-19)25(31)17-32-27-29-21-11-7-8-12-23(21)34-27/h4-15,18H,3,16-17H2,1-2H3/t18-/m1/s1. The molecule has 1 atom stereocenters. The van der Waals surface area contributed by atoms with Gasteiger partial charge in [0.25, 0.3) is 0 Å². The molecule has 3 aromatic carbocycles. The highest BCUT2D eigenvalue weighted by Gasteiger charge is 2.21. The first-order valence-corrected chi connectivity index (χ1v) is 14.0. The van der Waals surface area contributed by atoms with Gasteiger partial charge in [-0.25, -0.2) is 9.97 Å². The zero-order valence-corrected chi connectivity index (χ0v) is 21.6. The number of benzene rings is 3. The smallest absolute Gasteiger partial charge is 0.239 e. The summed E-state index contributed by atoms with van der Waals surface area (Å²) in [6, 6.07) is 24.6. The highest BCUT2D eigenvalue weighted by atomic mass is 32.2. The highest BCUT2D eigenvalue weighted by molar-refractivity contribution is 8.01. The van der Waals surface area contributed by atoms with Crippen molar-refractivity contribution in [3.05, 3.63) is 83.9 Å². The molecule has 0 aliphatic heterocycles. The van der Waals surface area contributed by atoms with Gasteiger partial charge in [-0.1, -0.05) is 85.5 Å². The second-order valence-electron chi connectivity index (χ2n) is 8.23. The zero-order valence-electron chi connectivity index (χ0n) is 19.1. The molecule has 0 aliphatic carbocycles. The second-order valence-corrected chi connectivity index (χ2v) is 11.5. The van der Waals surface area contributed by atoms with E-state index in [9.17, 15) is 4.79 Å². The van der Waals surface area contributed by atoms with Crippen molar-refractivity contribution in [2.24, 2.45) is 0 Å². The van der Waals surface area contributed by atoms with Gasteiger partial charge in [-0.2, -0.15) is 0 Å². The Bertz CT molecular complexity index is 1390. The molecular weight excluding hydrogens is 479 g/mol. The predicted octanol–water partition coefficient (Wildman–Crippen LogP) is 7.75. The van der Waals surface area contributed by atoms with Crippen molar-refractivity contribution in [1.29, 1.82) is 0 Å². The first-order valence-electron chi connectivity index (χ1n) is 11.3. The number of thioether (sulfide) groups is 1. The molecule has 0 unspecified atom stereocenters. The van der Waals surface area contributed by atoms with Gasteiger partial charge in [0.05, 0.1) is 32.7 Å². The molecule has 0 saturated heterocycles. The SMILES string of the molecule is CC[C@@H](C)c1ccc2nc(N(Cc3ccccc3)C(=O)CSc3nc4ccccc4s3)sc2c1. The summed E-state index contributed by atoms with van der Waals surface area (Å²) >= 11 is 4.72. The van der Waals surface area contributed by atoms with E-state index >= 15 is 0 Å². The van der Waals surface area contributed by atoms with Gasteiger partial charge in [0.15, 0.2) is 9.47 Å². The number of carbonyl (C=O) groups excluding carboxylic acids is 1. The molecule has 2 aromatic heterocycles. The number of thiazole rings is 2. The number of aromatic nitrogens is 2. The van der Waals surface area contributed by atoms with Crippen LogP contribution in [0.2, 0.25) is 0 Å². The third kappa shape index (κ3) is 5.02. The number of hydrogen-bond donors (Lipinski definition) is 0. The molecule has 0 N–H and O–H groups in total. The molecular formula is C27H25N3OS3. The number of hydrogen-bond acceptors (Lipinski definition) is 6. The number of nitrogens with zero attached hydrogens (tertiary/aromatic N) is 3. The fourth-order valence-corrected chi connectivity index (χ4v) is 6.70. The van der Waals surface area contributed by atoms with E-state index in [1.54, 1.807) is 22.7 Å². The van der Waals surface area contributed by atoms with Gasteiger partial charge < -0.3 is 0 Å². The van der Waals surface area contributed by atoms with E-state index in [1.807, 2.05) is 41.3 Å². The molecule has 5 aromatic rings. The molecule has 0 aliphatic rings. The van der Waals surface area contributed by atoms with Crippen LogP contribution in [0.15, 0.2) is 77.1 Å².